The number of phenols is 1. The van der Waals surface area contributed by atoms with Gasteiger partial charge < -0.3 is 35.1 Å². The number of nitrogens with one attached hydrogen (secondary N) is 3. The Kier molecular flexibility index (Phi) is 15.5. The van der Waals surface area contributed by atoms with Gasteiger partial charge in [0.25, 0.3) is 0 Å². The van der Waals surface area contributed by atoms with E-state index in [9.17, 15) is 19.8 Å². The van der Waals surface area contributed by atoms with Crippen molar-refractivity contribution < 1.29 is 34.0 Å². The van der Waals surface area contributed by atoms with Crippen LogP contribution in [0.2, 0.25) is 0 Å². The van der Waals surface area contributed by atoms with Crippen LogP contribution in [0, 0.1) is 11.3 Å². The molecule has 5 atom stereocenters. The van der Waals surface area contributed by atoms with Gasteiger partial charge in [0.05, 0.1) is 32.4 Å². The third-order valence-electron chi connectivity index (χ3n) is 10.5. The summed E-state index contributed by atoms with van der Waals surface area (Å²) in [5.41, 5.74) is 2.64. The number of benzene rings is 5. The number of fused-ring (bicyclic) bond motifs is 1. The number of ketones is 1. The third-order valence-corrected chi connectivity index (χ3v) is 10.5. The number of phenolic OH excluding ortho intramolecular Hbond substituents is 1. The van der Waals surface area contributed by atoms with Crippen LogP contribution < -0.4 is 25.4 Å². The number of carbonyl (C=O) groups excluding carboxylic acids is 2. The quantitative estimate of drug-likeness (QED) is 0.0519. The molecule has 0 aromatic heterocycles. The number of Topliss-reactive ketones (excluding diaryl/α,β-unsaturated/α-hetero) is 1. The molecule has 0 heterocycles. The molecule has 5 aromatic carbocycles. The van der Waals surface area contributed by atoms with Crippen molar-refractivity contribution >= 4 is 22.5 Å². The number of aromatic hydroxyl groups is 1. The van der Waals surface area contributed by atoms with Crippen molar-refractivity contribution in [3.8, 4) is 17.2 Å². The molecule has 308 valence electrons. The monoisotopic (exact) mass is 789 g/mol. The van der Waals surface area contributed by atoms with Crippen LogP contribution in [0.1, 0.15) is 56.9 Å². The maximum Gasteiger partial charge on any atom is 0.324 e. The molecular formula is C48H59N3O7. The van der Waals surface area contributed by atoms with Crippen LogP contribution in [-0.2, 0) is 40.4 Å². The minimum absolute atomic E-state index is 0.0452. The van der Waals surface area contributed by atoms with Crippen LogP contribution in [-0.4, -0.2) is 66.5 Å². The first-order valence-corrected chi connectivity index (χ1v) is 19.9. The lowest BCUT2D eigenvalue weighted by Crippen LogP contribution is -2.63. The minimum atomic E-state index is -1.30. The Morgan fingerprint density at radius 1 is 0.690 bits per heavy atom. The molecular weight excluding hydrogens is 731 g/mol. The molecule has 5 N–H and O–H groups in total. The number of carbonyl (C=O) groups is 2. The van der Waals surface area contributed by atoms with Crippen LogP contribution in [0.15, 0.2) is 115 Å². The SMILES string of the molecule is COc1ccc(CN[C@@H](C(=O)[C@H](NCc2ccc(OC)cc2O)C(C)C)[C@H](O)[C@H](Cc2ccccc2)N[C@@H](C(=O)OCc2ccc3ccccc3c2)C(C)(C)C)cc1. The second-order valence-corrected chi connectivity index (χ2v) is 16.2. The van der Waals surface area contributed by atoms with E-state index in [1.807, 2.05) is 132 Å². The number of ether oxygens (including phenoxy) is 3. The van der Waals surface area contributed by atoms with Gasteiger partial charge in [-0.15, -0.1) is 0 Å². The van der Waals surface area contributed by atoms with Crippen molar-refractivity contribution in [3.05, 3.63) is 138 Å². The van der Waals surface area contributed by atoms with Crippen molar-refractivity contribution in [2.24, 2.45) is 11.3 Å². The number of methoxy groups -OCH3 is 2. The van der Waals surface area contributed by atoms with Gasteiger partial charge in [-0.3, -0.25) is 14.9 Å². The summed E-state index contributed by atoms with van der Waals surface area (Å²) in [6.07, 6.45) is -0.985. The standard InChI is InChI=1S/C48H59N3O7/c1-31(2)42(50-29-37-21-24-39(57-7)27-41(37)52)45(54)43(49-28-33-18-22-38(56-6)23-19-33)44(53)40(26-32-13-9-8-10-14-32)51-46(48(3,4)5)47(55)58-30-34-17-20-35-15-11-12-16-36(35)25-34/h8-25,27,31,40,42-44,46,49-53H,26,28-30H2,1-7H3/t40-,42+,43+,44+,46-/m0/s1. The van der Waals surface area contributed by atoms with Crippen LogP contribution in [0.25, 0.3) is 10.8 Å². The summed E-state index contributed by atoms with van der Waals surface area (Å²) in [5, 5.41) is 35.7. The Hall–Kier alpha value is -5.26. The summed E-state index contributed by atoms with van der Waals surface area (Å²) in [6.45, 7) is 10.3. The second kappa shape index (κ2) is 20.4. The molecule has 0 radical (unpaired) electrons. The van der Waals surface area contributed by atoms with E-state index < -0.39 is 41.7 Å². The predicted molar refractivity (Wildman–Crippen MR) is 229 cm³/mol. The fourth-order valence-electron chi connectivity index (χ4n) is 7.09. The van der Waals surface area contributed by atoms with E-state index in [-0.39, 0.29) is 37.1 Å². The van der Waals surface area contributed by atoms with Gasteiger partial charge in [0.15, 0.2) is 5.78 Å². The zero-order chi connectivity index (χ0) is 41.8. The number of hydrogen-bond donors (Lipinski definition) is 5. The summed E-state index contributed by atoms with van der Waals surface area (Å²) in [5.74, 6) is 0.375. The zero-order valence-electron chi connectivity index (χ0n) is 34.7. The van der Waals surface area contributed by atoms with E-state index in [1.165, 1.54) is 13.2 Å². The molecule has 0 spiro atoms. The number of aliphatic hydroxyl groups excluding tert-OH is 1. The molecule has 0 unspecified atom stereocenters. The molecule has 0 bridgehead atoms. The van der Waals surface area contributed by atoms with Crippen LogP contribution in [0.5, 0.6) is 17.2 Å². The fraction of sp³-hybridized carbons (Fsp3) is 0.375. The van der Waals surface area contributed by atoms with Gasteiger partial charge in [-0.05, 0) is 69.5 Å². The third kappa shape index (κ3) is 11.9. The highest BCUT2D eigenvalue weighted by atomic mass is 16.5. The van der Waals surface area contributed by atoms with E-state index in [4.69, 9.17) is 14.2 Å². The van der Waals surface area contributed by atoms with E-state index in [0.29, 0.717) is 23.5 Å². The van der Waals surface area contributed by atoms with Gasteiger partial charge in [-0.1, -0.05) is 120 Å². The first-order valence-electron chi connectivity index (χ1n) is 19.9. The summed E-state index contributed by atoms with van der Waals surface area (Å²) in [7, 11) is 3.14. The first-order chi connectivity index (χ1) is 27.8. The summed E-state index contributed by atoms with van der Waals surface area (Å²) in [6, 6.07) is 32.9. The number of esters is 1. The summed E-state index contributed by atoms with van der Waals surface area (Å²) < 4.78 is 16.6. The largest absolute Gasteiger partial charge is 0.507 e. The van der Waals surface area contributed by atoms with Gasteiger partial charge in [0.1, 0.15) is 29.9 Å². The number of hydrogen-bond acceptors (Lipinski definition) is 10. The number of rotatable bonds is 20. The lowest BCUT2D eigenvalue weighted by molar-refractivity contribution is -0.151. The molecule has 0 fully saturated rings. The van der Waals surface area contributed by atoms with Crippen molar-refractivity contribution in [3.63, 3.8) is 0 Å². The Balaban J connectivity index is 1.45. The van der Waals surface area contributed by atoms with Crippen molar-refractivity contribution in [1.29, 1.82) is 0 Å². The van der Waals surface area contributed by atoms with Crippen molar-refractivity contribution in [2.75, 3.05) is 14.2 Å². The molecule has 10 heteroatoms. The highest BCUT2D eigenvalue weighted by Gasteiger charge is 2.41. The number of aliphatic hydroxyl groups is 1. The van der Waals surface area contributed by atoms with Gasteiger partial charge >= 0.3 is 5.97 Å². The van der Waals surface area contributed by atoms with E-state index in [1.54, 1.807) is 19.2 Å². The molecule has 5 aromatic rings. The Morgan fingerprint density at radius 2 is 1.31 bits per heavy atom. The normalized spacial score (nSPS) is 14.4. The van der Waals surface area contributed by atoms with E-state index in [0.717, 1.165) is 27.5 Å². The molecule has 10 nitrogen and oxygen atoms in total. The fourth-order valence-corrected chi connectivity index (χ4v) is 7.09. The molecule has 58 heavy (non-hydrogen) atoms. The van der Waals surface area contributed by atoms with Gasteiger partial charge in [-0.25, -0.2) is 0 Å². The van der Waals surface area contributed by atoms with Gasteiger partial charge in [0, 0.05) is 30.8 Å². The molecule has 0 aliphatic heterocycles. The molecule has 5 rings (SSSR count). The van der Waals surface area contributed by atoms with Gasteiger partial charge in [0.2, 0.25) is 0 Å². The minimum Gasteiger partial charge on any atom is -0.507 e. The van der Waals surface area contributed by atoms with E-state index in [2.05, 4.69) is 16.0 Å². The van der Waals surface area contributed by atoms with Crippen LogP contribution in [0.4, 0.5) is 0 Å². The Labute approximate surface area is 342 Å². The second-order valence-electron chi connectivity index (χ2n) is 16.2. The first kappa shape index (κ1) is 43.9. The molecule has 0 amide bonds. The topological polar surface area (TPSA) is 138 Å². The summed E-state index contributed by atoms with van der Waals surface area (Å²) >= 11 is 0. The predicted octanol–water partition coefficient (Wildman–Crippen LogP) is 7.12. The molecule has 0 saturated heterocycles. The average molecular weight is 790 g/mol. The van der Waals surface area contributed by atoms with Crippen LogP contribution >= 0.6 is 0 Å². The smallest absolute Gasteiger partial charge is 0.324 e. The Bertz CT molecular complexity index is 2080. The maximum atomic E-state index is 14.9. The highest BCUT2D eigenvalue weighted by Crippen LogP contribution is 2.26. The van der Waals surface area contributed by atoms with Crippen molar-refractivity contribution in [1.82, 2.24) is 16.0 Å². The maximum absolute atomic E-state index is 14.9. The average Bonchev–Trinajstić information content (AvgIpc) is 3.21. The summed E-state index contributed by atoms with van der Waals surface area (Å²) in [4.78, 5) is 29.0. The van der Waals surface area contributed by atoms with Crippen LogP contribution in [0.3, 0.4) is 0 Å². The van der Waals surface area contributed by atoms with E-state index >= 15 is 0 Å². The van der Waals surface area contributed by atoms with Gasteiger partial charge in [-0.2, -0.15) is 0 Å². The molecule has 0 aliphatic carbocycles. The Morgan fingerprint density at radius 3 is 1.95 bits per heavy atom. The lowest BCUT2D eigenvalue weighted by Gasteiger charge is -2.38. The highest BCUT2D eigenvalue weighted by molar-refractivity contribution is 5.90. The molecule has 0 saturated carbocycles. The lowest BCUT2D eigenvalue weighted by atomic mass is 9.83. The van der Waals surface area contributed by atoms with Crippen molar-refractivity contribution in [2.45, 2.75) is 91.0 Å². The molecule has 0 aliphatic rings. The zero-order valence-corrected chi connectivity index (χ0v) is 34.7.